The Bertz CT molecular complexity index is 196. The number of rotatable bonds is 6. The van der Waals surface area contributed by atoms with Crippen molar-refractivity contribution in [2.45, 2.75) is 57.2 Å². The van der Waals surface area contributed by atoms with Crippen molar-refractivity contribution in [2.24, 2.45) is 0 Å². The van der Waals surface area contributed by atoms with E-state index in [0.717, 1.165) is 0 Å². The number of nitrogens with one attached hydrogen (secondary N) is 1. The highest BCUT2D eigenvalue weighted by atomic mass is 32.2. The molecule has 0 spiro atoms. The van der Waals surface area contributed by atoms with Crippen molar-refractivity contribution in [1.82, 2.24) is 10.2 Å². The normalized spacial score (nSPS) is 23.6. The zero-order chi connectivity index (χ0) is 12.7. The van der Waals surface area contributed by atoms with E-state index < -0.39 is 0 Å². The van der Waals surface area contributed by atoms with Gasteiger partial charge in [0.2, 0.25) is 0 Å². The third-order valence-electron chi connectivity index (χ3n) is 4.29. The summed E-state index contributed by atoms with van der Waals surface area (Å²) in [6.07, 6.45) is 7.40. The molecule has 1 fully saturated rings. The van der Waals surface area contributed by atoms with Gasteiger partial charge in [0.1, 0.15) is 0 Å². The Balaban J connectivity index is 2.58. The predicted octanol–water partition coefficient (Wildman–Crippen LogP) is 2.98. The summed E-state index contributed by atoms with van der Waals surface area (Å²) in [5.41, 5.74) is 0. The number of thioether (sulfide) groups is 1. The maximum atomic E-state index is 3.65. The fourth-order valence-corrected chi connectivity index (χ4v) is 3.62. The van der Waals surface area contributed by atoms with Gasteiger partial charge in [0.25, 0.3) is 0 Å². The lowest BCUT2D eigenvalue weighted by molar-refractivity contribution is 0.233. The second kappa shape index (κ2) is 7.65. The van der Waals surface area contributed by atoms with Crippen LogP contribution in [0.2, 0.25) is 0 Å². The van der Waals surface area contributed by atoms with E-state index in [1.165, 1.54) is 51.9 Å². The lowest BCUT2D eigenvalue weighted by Crippen LogP contribution is -2.44. The first kappa shape index (κ1) is 15.3. The maximum Gasteiger partial charge on any atom is 0.0279 e. The first-order valence-electron chi connectivity index (χ1n) is 7.20. The third kappa shape index (κ3) is 4.46. The molecule has 0 aromatic heterocycles. The molecule has 1 rings (SSSR count). The molecule has 3 heteroatoms. The molecular weight excluding hydrogens is 228 g/mol. The minimum absolute atomic E-state index is 0.475. The first-order valence-corrected chi connectivity index (χ1v) is 8.43. The Morgan fingerprint density at radius 3 is 2.53 bits per heavy atom. The van der Waals surface area contributed by atoms with Crippen molar-refractivity contribution in [3.63, 3.8) is 0 Å². The molecule has 2 nitrogen and oxygen atoms in total. The van der Waals surface area contributed by atoms with E-state index in [0.29, 0.717) is 10.8 Å². The molecule has 0 bridgehead atoms. The average molecular weight is 258 g/mol. The number of hydrogen-bond donors (Lipinski definition) is 1. The molecule has 1 saturated heterocycles. The highest BCUT2D eigenvalue weighted by molar-refractivity contribution is 8.00. The molecule has 0 amide bonds. The topological polar surface area (TPSA) is 15.3 Å². The molecule has 0 saturated carbocycles. The summed E-state index contributed by atoms with van der Waals surface area (Å²) in [6, 6.07) is 0.700. The van der Waals surface area contributed by atoms with Gasteiger partial charge in [0.15, 0.2) is 0 Å². The lowest BCUT2D eigenvalue weighted by atomic mass is 10.0. The first-order chi connectivity index (χ1) is 8.19. The second-order valence-electron chi connectivity index (χ2n) is 5.24. The molecule has 0 radical (unpaired) electrons. The van der Waals surface area contributed by atoms with E-state index in [2.05, 4.69) is 49.0 Å². The van der Waals surface area contributed by atoms with Crippen LogP contribution in [0.5, 0.6) is 0 Å². The standard InChI is InChI=1S/C14H30N2S/c1-5-13-11-16(10-8-9-15-13)12-14(6-2,7-3)17-4/h13,15H,5-12H2,1-4H3. The highest BCUT2D eigenvalue weighted by Crippen LogP contribution is 2.31. The summed E-state index contributed by atoms with van der Waals surface area (Å²) in [7, 11) is 0. The Hall–Kier alpha value is 0.270. The molecule has 0 aromatic carbocycles. The van der Waals surface area contributed by atoms with E-state index in [1.54, 1.807) is 0 Å². The molecule has 102 valence electrons. The van der Waals surface area contributed by atoms with Gasteiger partial charge in [-0.25, -0.2) is 0 Å². The second-order valence-corrected chi connectivity index (χ2v) is 6.52. The van der Waals surface area contributed by atoms with Crippen molar-refractivity contribution in [1.29, 1.82) is 0 Å². The van der Waals surface area contributed by atoms with Gasteiger partial charge >= 0.3 is 0 Å². The van der Waals surface area contributed by atoms with Crippen LogP contribution in [0.25, 0.3) is 0 Å². The Morgan fingerprint density at radius 1 is 1.29 bits per heavy atom. The summed E-state index contributed by atoms with van der Waals surface area (Å²) in [5.74, 6) is 0. The fourth-order valence-electron chi connectivity index (χ4n) is 2.73. The average Bonchev–Trinajstić information content (AvgIpc) is 2.61. The van der Waals surface area contributed by atoms with Gasteiger partial charge in [-0.05, 0) is 45.0 Å². The summed E-state index contributed by atoms with van der Waals surface area (Å²) in [6.45, 7) is 11.9. The van der Waals surface area contributed by atoms with Crippen LogP contribution in [-0.4, -0.2) is 48.1 Å². The van der Waals surface area contributed by atoms with Crippen molar-refractivity contribution < 1.29 is 0 Å². The van der Waals surface area contributed by atoms with Crippen LogP contribution in [0.3, 0.4) is 0 Å². The van der Waals surface area contributed by atoms with Crippen LogP contribution in [0.4, 0.5) is 0 Å². The van der Waals surface area contributed by atoms with Crippen LogP contribution in [0.15, 0.2) is 0 Å². The molecule has 1 aliphatic heterocycles. The summed E-state index contributed by atoms with van der Waals surface area (Å²) < 4.78 is 0.475. The van der Waals surface area contributed by atoms with Crippen LogP contribution in [0, 0.1) is 0 Å². The molecule has 1 unspecified atom stereocenters. The predicted molar refractivity (Wildman–Crippen MR) is 80.0 cm³/mol. The molecule has 1 N–H and O–H groups in total. The lowest BCUT2D eigenvalue weighted by Gasteiger charge is -2.36. The van der Waals surface area contributed by atoms with E-state index in [9.17, 15) is 0 Å². The van der Waals surface area contributed by atoms with Gasteiger partial charge in [-0.15, -0.1) is 0 Å². The van der Waals surface area contributed by atoms with Crippen LogP contribution >= 0.6 is 11.8 Å². The minimum Gasteiger partial charge on any atom is -0.313 e. The fraction of sp³-hybridized carbons (Fsp3) is 1.00. The minimum atomic E-state index is 0.475. The van der Waals surface area contributed by atoms with Crippen LogP contribution in [-0.2, 0) is 0 Å². The maximum absolute atomic E-state index is 3.65. The zero-order valence-electron chi connectivity index (χ0n) is 12.1. The molecule has 0 aliphatic carbocycles. The number of hydrogen-bond acceptors (Lipinski definition) is 3. The molecular formula is C14H30N2S. The quantitative estimate of drug-likeness (QED) is 0.788. The van der Waals surface area contributed by atoms with Gasteiger partial charge in [0.05, 0.1) is 0 Å². The third-order valence-corrected chi connectivity index (χ3v) is 5.86. The van der Waals surface area contributed by atoms with E-state index >= 15 is 0 Å². The van der Waals surface area contributed by atoms with E-state index in [1.807, 2.05) is 0 Å². The highest BCUT2D eigenvalue weighted by Gasteiger charge is 2.29. The molecule has 0 aromatic rings. The zero-order valence-corrected chi connectivity index (χ0v) is 12.9. The van der Waals surface area contributed by atoms with Crippen LogP contribution < -0.4 is 5.32 Å². The van der Waals surface area contributed by atoms with E-state index in [-0.39, 0.29) is 0 Å². The SMILES string of the molecule is CCC1CN(CC(CC)(CC)SC)CCCN1. The van der Waals surface area contributed by atoms with Gasteiger partial charge in [0, 0.05) is 23.9 Å². The van der Waals surface area contributed by atoms with Crippen LogP contribution in [0.1, 0.15) is 46.5 Å². The van der Waals surface area contributed by atoms with Crippen molar-refractivity contribution >= 4 is 11.8 Å². The summed E-state index contributed by atoms with van der Waals surface area (Å²) >= 11 is 2.06. The van der Waals surface area contributed by atoms with Crippen molar-refractivity contribution in [3.8, 4) is 0 Å². The van der Waals surface area contributed by atoms with Crippen molar-refractivity contribution in [2.75, 3.05) is 32.4 Å². The largest absolute Gasteiger partial charge is 0.313 e. The van der Waals surface area contributed by atoms with E-state index in [4.69, 9.17) is 0 Å². The summed E-state index contributed by atoms with van der Waals surface area (Å²) in [4.78, 5) is 2.69. The summed E-state index contributed by atoms with van der Waals surface area (Å²) in [5, 5.41) is 3.65. The Labute approximate surface area is 112 Å². The monoisotopic (exact) mass is 258 g/mol. The Kier molecular flexibility index (Phi) is 6.90. The Morgan fingerprint density at radius 2 is 2.00 bits per heavy atom. The number of nitrogens with zero attached hydrogens (tertiary/aromatic N) is 1. The van der Waals surface area contributed by atoms with Gasteiger partial charge in [-0.2, -0.15) is 11.8 Å². The molecule has 1 heterocycles. The molecule has 1 atom stereocenters. The van der Waals surface area contributed by atoms with Gasteiger partial charge in [-0.3, -0.25) is 0 Å². The van der Waals surface area contributed by atoms with Gasteiger partial charge < -0.3 is 10.2 Å². The molecule has 1 aliphatic rings. The van der Waals surface area contributed by atoms with Crippen molar-refractivity contribution in [3.05, 3.63) is 0 Å². The smallest absolute Gasteiger partial charge is 0.0279 e. The van der Waals surface area contributed by atoms with Gasteiger partial charge in [-0.1, -0.05) is 20.8 Å². The molecule has 17 heavy (non-hydrogen) atoms.